The molecule has 4 nitrogen and oxygen atoms in total. The summed E-state index contributed by atoms with van der Waals surface area (Å²) >= 11 is 0. The summed E-state index contributed by atoms with van der Waals surface area (Å²) in [6.45, 7) is 8.02. The molecule has 0 aliphatic carbocycles. The summed E-state index contributed by atoms with van der Waals surface area (Å²) in [7, 11) is 0. The lowest BCUT2D eigenvalue weighted by Crippen LogP contribution is -2.10. The van der Waals surface area contributed by atoms with Gasteiger partial charge in [0.1, 0.15) is 6.07 Å². The lowest BCUT2D eigenvalue weighted by Gasteiger charge is -2.14. The molecule has 0 radical (unpaired) electrons. The molecule has 1 aromatic rings. The van der Waals surface area contributed by atoms with E-state index in [1.807, 2.05) is 33.8 Å². The van der Waals surface area contributed by atoms with Crippen LogP contribution in [0.3, 0.4) is 0 Å². The Morgan fingerprint density at radius 3 is 1.73 bits per heavy atom. The van der Waals surface area contributed by atoms with Crippen molar-refractivity contribution >= 4 is 5.69 Å². The van der Waals surface area contributed by atoms with Crippen LogP contribution in [0.2, 0.25) is 0 Å². The first kappa shape index (κ1) is 11.4. The van der Waals surface area contributed by atoms with Gasteiger partial charge in [-0.15, -0.1) is 0 Å². The Morgan fingerprint density at radius 2 is 1.47 bits per heavy atom. The number of nitrogens with two attached hydrogens (primary N) is 1. The van der Waals surface area contributed by atoms with Gasteiger partial charge in [-0.3, -0.25) is 0 Å². The van der Waals surface area contributed by atoms with Crippen LogP contribution < -0.4 is 5.73 Å². The highest BCUT2D eigenvalue weighted by atomic mass is 14.9. The number of aromatic nitrogens is 2. The zero-order valence-electron chi connectivity index (χ0n) is 9.57. The van der Waals surface area contributed by atoms with Gasteiger partial charge < -0.3 is 5.73 Å². The van der Waals surface area contributed by atoms with Crippen LogP contribution in [0.25, 0.3) is 0 Å². The van der Waals surface area contributed by atoms with Crippen LogP contribution in [-0.2, 0) is 0 Å². The number of anilines is 1. The van der Waals surface area contributed by atoms with Gasteiger partial charge >= 0.3 is 0 Å². The standard InChI is InChI=1S/C11H16N4/c1-6(2)10-9(13)11(7(3)4)15-8(5-12)14-10/h6-7H,13H2,1-4H3. The molecule has 0 saturated heterocycles. The van der Waals surface area contributed by atoms with E-state index in [1.54, 1.807) is 0 Å². The third-order valence-electron chi connectivity index (χ3n) is 2.20. The zero-order chi connectivity index (χ0) is 11.6. The molecule has 0 fully saturated rings. The van der Waals surface area contributed by atoms with E-state index < -0.39 is 0 Å². The molecule has 2 N–H and O–H groups in total. The van der Waals surface area contributed by atoms with Gasteiger partial charge in [0.2, 0.25) is 5.82 Å². The molecule has 1 aromatic heterocycles. The minimum absolute atomic E-state index is 0.205. The summed E-state index contributed by atoms with van der Waals surface area (Å²) in [5, 5.41) is 8.83. The Balaban J connectivity index is 3.42. The average Bonchev–Trinajstić information content (AvgIpc) is 2.17. The van der Waals surface area contributed by atoms with Crippen molar-refractivity contribution in [1.29, 1.82) is 5.26 Å². The first-order valence-corrected chi connectivity index (χ1v) is 5.04. The normalized spacial score (nSPS) is 10.7. The minimum Gasteiger partial charge on any atom is -0.396 e. The number of rotatable bonds is 2. The highest BCUT2D eigenvalue weighted by molar-refractivity contribution is 5.51. The third kappa shape index (κ3) is 2.24. The van der Waals surface area contributed by atoms with E-state index in [0.717, 1.165) is 11.4 Å². The molecule has 4 heteroatoms. The quantitative estimate of drug-likeness (QED) is 0.801. The van der Waals surface area contributed by atoms with E-state index in [9.17, 15) is 0 Å². The van der Waals surface area contributed by atoms with Gasteiger partial charge in [-0.25, -0.2) is 9.97 Å². The molecule has 0 aliphatic heterocycles. The Labute approximate surface area is 90.2 Å². The molecule has 0 spiro atoms. The number of nitriles is 1. The van der Waals surface area contributed by atoms with Crippen molar-refractivity contribution in [2.75, 3.05) is 5.73 Å². The number of hydrogen-bond acceptors (Lipinski definition) is 4. The molecule has 0 bridgehead atoms. The molecule has 1 heterocycles. The second-order valence-corrected chi connectivity index (χ2v) is 4.15. The van der Waals surface area contributed by atoms with Gasteiger partial charge in [-0.2, -0.15) is 5.26 Å². The van der Waals surface area contributed by atoms with Crippen molar-refractivity contribution in [3.8, 4) is 6.07 Å². The first-order chi connectivity index (χ1) is 6.97. The van der Waals surface area contributed by atoms with E-state index in [4.69, 9.17) is 11.0 Å². The van der Waals surface area contributed by atoms with Crippen molar-refractivity contribution in [2.45, 2.75) is 39.5 Å². The molecule has 0 aliphatic rings. The average molecular weight is 204 g/mol. The summed E-state index contributed by atoms with van der Waals surface area (Å²) in [6, 6.07) is 1.97. The fourth-order valence-electron chi connectivity index (χ4n) is 1.44. The Kier molecular flexibility index (Phi) is 3.25. The van der Waals surface area contributed by atoms with Crippen LogP contribution in [0.5, 0.6) is 0 Å². The second-order valence-electron chi connectivity index (χ2n) is 4.15. The van der Waals surface area contributed by atoms with Crippen molar-refractivity contribution in [3.05, 3.63) is 17.2 Å². The highest BCUT2D eigenvalue weighted by Gasteiger charge is 2.16. The Hall–Kier alpha value is -1.63. The van der Waals surface area contributed by atoms with Crippen molar-refractivity contribution in [1.82, 2.24) is 9.97 Å². The van der Waals surface area contributed by atoms with Crippen molar-refractivity contribution in [3.63, 3.8) is 0 Å². The largest absolute Gasteiger partial charge is 0.396 e. The van der Waals surface area contributed by atoms with Crippen LogP contribution in [0.4, 0.5) is 5.69 Å². The molecule has 0 amide bonds. The maximum Gasteiger partial charge on any atom is 0.232 e. The maximum atomic E-state index is 8.83. The van der Waals surface area contributed by atoms with E-state index in [0.29, 0.717) is 5.69 Å². The van der Waals surface area contributed by atoms with Gasteiger partial charge in [-0.05, 0) is 11.8 Å². The van der Waals surface area contributed by atoms with Gasteiger partial charge in [0, 0.05) is 0 Å². The first-order valence-electron chi connectivity index (χ1n) is 5.04. The van der Waals surface area contributed by atoms with Crippen molar-refractivity contribution in [2.24, 2.45) is 0 Å². The summed E-state index contributed by atoms with van der Waals surface area (Å²) in [4.78, 5) is 8.27. The predicted molar refractivity (Wildman–Crippen MR) is 59.3 cm³/mol. The smallest absolute Gasteiger partial charge is 0.232 e. The van der Waals surface area contributed by atoms with Crippen LogP contribution in [0.1, 0.15) is 56.7 Å². The molecule has 0 saturated carbocycles. The molecular weight excluding hydrogens is 188 g/mol. The van der Waals surface area contributed by atoms with E-state index in [1.165, 1.54) is 0 Å². The minimum atomic E-state index is 0.205. The molecule has 80 valence electrons. The predicted octanol–water partition coefficient (Wildman–Crippen LogP) is 2.18. The van der Waals surface area contributed by atoms with E-state index in [2.05, 4.69) is 9.97 Å². The summed E-state index contributed by atoms with van der Waals surface area (Å²) in [5.74, 6) is 0.617. The van der Waals surface area contributed by atoms with Crippen LogP contribution in [0.15, 0.2) is 0 Å². The van der Waals surface area contributed by atoms with Gasteiger partial charge in [0.15, 0.2) is 0 Å². The highest BCUT2D eigenvalue weighted by Crippen LogP contribution is 2.26. The topological polar surface area (TPSA) is 75.6 Å². The lowest BCUT2D eigenvalue weighted by molar-refractivity contribution is 0.768. The monoisotopic (exact) mass is 204 g/mol. The fourth-order valence-corrected chi connectivity index (χ4v) is 1.44. The summed E-state index contributed by atoms with van der Waals surface area (Å²) in [6.07, 6.45) is 0. The second kappa shape index (κ2) is 4.26. The molecule has 15 heavy (non-hydrogen) atoms. The van der Waals surface area contributed by atoms with Gasteiger partial charge in [0.25, 0.3) is 0 Å². The third-order valence-corrected chi connectivity index (χ3v) is 2.20. The lowest BCUT2D eigenvalue weighted by atomic mass is 10.0. The van der Waals surface area contributed by atoms with Crippen LogP contribution >= 0.6 is 0 Å². The van der Waals surface area contributed by atoms with E-state index in [-0.39, 0.29) is 17.7 Å². The summed E-state index contributed by atoms with van der Waals surface area (Å²) in [5.41, 5.74) is 8.14. The molecular formula is C11H16N4. The Bertz CT molecular complexity index is 373. The maximum absolute atomic E-state index is 8.83. The SMILES string of the molecule is CC(C)c1nc(C#N)nc(C(C)C)c1N. The number of nitrogens with zero attached hydrogens (tertiary/aromatic N) is 3. The molecule has 0 unspecified atom stereocenters. The zero-order valence-corrected chi connectivity index (χ0v) is 9.57. The van der Waals surface area contributed by atoms with Crippen LogP contribution in [-0.4, -0.2) is 9.97 Å². The van der Waals surface area contributed by atoms with Gasteiger partial charge in [-0.1, -0.05) is 27.7 Å². The number of nitrogen functional groups attached to an aromatic ring is 1. The number of hydrogen-bond donors (Lipinski definition) is 1. The van der Waals surface area contributed by atoms with Gasteiger partial charge in [0.05, 0.1) is 17.1 Å². The van der Waals surface area contributed by atoms with Crippen molar-refractivity contribution < 1.29 is 0 Å². The summed E-state index contributed by atoms with van der Waals surface area (Å²) < 4.78 is 0. The van der Waals surface area contributed by atoms with Crippen LogP contribution in [0, 0.1) is 11.3 Å². The fraction of sp³-hybridized carbons (Fsp3) is 0.545. The molecule has 1 rings (SSSR count). The van der Waals surface area contributed by atoms with E-state index >= 15 is 0 Å². The molecule has 0 atom stereocenters. The Morgan fingerprint density at radius 1 is 1.07 bits per heavy atom. The molecule has 0 aromatic carbocycles.